The molecule has 0 atom stereocenters. The summed E-state index contributed by atoms with van der Waals surface area (Å²) in [5.41, 5.74) is 1.30. The van der Waals surface area contributed by atoms with E-state index >= 15 is 0 Å². The number of piperazine rings is 1. The van der Waals surface area contributed by atoms with E-state index in [0.29, 0.717) is 16.4 Å². The molecule has 32 heavy (non-hydrogen) atoms. The molecule has 0 bridgehead atoms. The molecular weight excluding hydrogens is 429 g/mol. The van der Waals surface area contributed by atoms with Gasteiger partial charge in [0, 0.05) is 53.2 Å². The second-order valence-electron chi connectivity index (χ2n) is 7.61. The van der Waals surface area contributed by atoms with Crippen LogP contribution in [0.4, 0.5) is 21.7 Å². The molecule has 162 valence electrons. The number of benzene rings is 3. The minimum atomic E-state index is -0.548. The van der Waals surface area contributed by atoms with Crippen molar-refractivity contribution in [2.24, 2.45) is 0 Å². The summed E-state index contributed by atoms with van der Waals surface area (Å²) in [6.45, 7) is 3.29. The van der Waals surface area contributed by atoms with Gasteiger partial charge in [0.1, 0.15) is 11.6 Å². The molecule has 1 aliphatic heterocycles. The molecule has 2 heterocycles. The summed E-state index contributed by atoms with van der Waals surface area (Å²) in [5.74, 6) is 0.534. The first-order valence-electron chi connectivity index (χ1n) is 10.4. The van der Waals surface area contributed by atoms with Gasteiger partial charge in [0.25, 0.3) is 0 Å². The molecule has 0 saturated carbocycles. The quantitative estimate of drug-likeness (QED) is 0.409. The Kier molecular flexibility index (Phi) is 5.51. The molecule has 3 aromatic carbocycles. The van der Waals surface area contributed by atoms with Crippen LogP contribution in [0.25, 0.3) is 21.9 Å². The topological polar surface area (TPSA) is 73.3 Å². The Hall–Kier alpha value is -3.42. The van der Waals surface area contributed by atoms with Crippen molar-refractivity contribution in [2.45, 2.75) is 0 Å². The van der Waals surface area contributed by atoms with Gasteiger partial charge in [-0.3, -0.25) is 0 Å². The lowest BCUT2D eigenvalue weighted by molar-refractivity contribution is 0.472. The van der Waals surface area contributed by atoms with Crippen LogP contribution in [0.3, 0.4) is 0 Å². The lowest BCUT2D eigenvalue weighted by Crippen LogP contribution is -2.44. The summed E-state index contributed by atoms with van der Waals surface area (Å²) in [5, 5.41) is 27.8. The minimum Gasteiger partial charge on any atom is -0.507 e. The number of phenolic OH excluding ortho intramolecular Hbond substituents is 1. The second kappa shape index (κ2) is 8.61. The molecule has 6 nitrogen and oxygen atoms in total. The first kappa shape index (κ1) is 20.5. The van der Waals surface area contributed by atoms with Crippen molar-refractivity contribution >= 4 is 39.7 Å². The van der Waals surface area contributed by atoms with E-state index in [1.165, 1.54) is 18.2 Å². The lowest BCUT2D eigenvalue weighted by Gasteiger charge is -2.29. The van der Waals surface area contributed by atoms with Gasteiger partial charge < -0.3 is 20.6 Å². The van der Waals surface area contributed by atoms with Crippen LogP contribution in [0.2, 0.25) is 5.02 Å². The van der Waals surface area contributed by atoms with Crippen LogP contribution in [0.15, 0.2) is 60.7 Å². The normalized spacial score (nSPS) is 14.0. The first-order valence-corrected chi connectivity index (χ1v) is 10.7. The largest absolute Gasteiger partial charge is 0.507 e. The molecule has 1 aliphatic rings. The standard InChI is InChI=1S/C24H21ClFN5O/c25-19-14-17-16(13-18(19)22-20(26)7-4-8-21(22)32)23(28-15-5-2-1-3-6-15)29-30-24(17)31-11-9-27-10-12-31/h1-8,13-14,27,32H,9-12H2,(H,28,29). The van der Waals surface area contributed by atoms with Crippen molar-refractivity contribution in [3.63, 3.8) is 0 Å². The number of nitrogens with one attached hydrogen (secondary N) is 2. The Morgan fingerprint density at radius 3 is 2.50 bits per heavy atom. The summed E-state index contributed by atoms with van der Waals surface area (Å²) in [7, 11) is 0. The Morgan fingerprint density at radius 2 is 1.75 bits per heavy atom. The van der Waals surface area contributed by atoms with Crippen LogP contribution in [-0.2, 0) is 0 Å². The highest BCUT2D eigenvalue weighted by molar-refractivity contribution is 6.34. The molecule has 0 amide bonds. The van der Waals surface area contributed by atoms with Gasteiger partial charge in [0.2, 0.25) is 0 Å². The van der Waals surface area contributed by atoms with Gasteiger partial charge >= 0.3 is 0 Å². The molecule has 3 N–H and O–H groups in total. The van der Waals surface area contributed by atoms with Crippen molar-refractivity contribution in [3.05, 3.63) is 71.5 Å². The number of anilines is 3. The summed E-state index contributed by atoms with van der Waals surface area (Å²) in [4.78, 5) is 2.16. The Balaban J connectivity index is 1.72. The number of halogens is 2. The second-order valence-corrected chi connectivity index (χ2v) is 8.02. The SMILES string of the molecule is Oc1cccc(F)c1-c1cc2c(Nc3ccccc3)nnc(N3CCNCC3)c2cc1Cl. The van der Waals surface area contributed by atoms with Crippen molar-refractivity contribution < 1.29 is 9.50 Å². The fourth-order valence-electron chi connectivity index (χ4n) is 3.99. The number of para-hydroxylation sites is 1. The van der Waals surface area contributed by atoms with Crippen LogP contribution in [0.1, 0.15) is 0 Å². The van der Waals surface area contributed by atoms with Crippen molar-refractivity contribution in [1.82, 2.24) is 15.5 Å². The number of aromatic hydroxyl groups is 1. The van der Waals surface area contributed by atoms with Gasteiger partial charge in [0.05, 0.1) is 5.56 Å². The van der Waals surface area contributed by atoms with Gasteiger partial charge in [-0.2, -0.15) is 0 Å². The molecule has 5 rings (SSSR count). The van der Waals surface area contributed by atoms with Gasteiger partial charge in [-0.1, -0.05) is 35.9 Å². The summed E-state index contributed by atoms with van der Waals surface area (Å²) in [6.07, 6.45) is 0. The van der Waals surface area contributed by atoms with E-state index in [9.17, 15) is 9.50 Å². The third-order valence-electron chi connectivity index (χ3n) is 5.56. The van der Waals surface area contributed by atoms with Crippen LogP contribution < -0.4 is 15.5 Å². The number of phenols is 1. The maximum atomic E-state index is 14.7. The van der Waals surface area contributed by atoms with E-state index < -0.39 is 5.82 Å². The third kappa shape index (κ3) is 3.81. The smallest absolute Gasteiger partial charge is 0.161 e. The van der Waals surface area contributed by atoms with Crippen molar-refractivity contribution in [2.75, 3.05) is 36.4 Å². The van der Waals surface area contributed by atoms with Crippen LogP contribution in [0.5, 0.6) is 5.75 Å². The van der Waals surface area contributed by atoms with Gasteiger partial charge in [0.15, 0.2) is 11.6 Å². The number of hydrogen-bond donors (Lipinski definition) is 3. The fourth-order valence-corrected chi connectivity index (χ4v) is 4.25. The Bertz CT molecular complexity index is 1260. The van der Waals surface area contributed by atoms with Crippen LogP contribution in [-0.4, -0.2) is 41.5 Å². The lowest BCUT2D eigenvalue weighted by atomic mass is 10.00. The van der Waals surface area contributed by atoms with E-state index in [4.69, 9.17) is 11.6 Å². The van der Waals surface area contributed by atoms with Crippen molar-refractivity contribution in [3.8, 4) is 16.9 Å². The highest BCUT2D eigenvalue weighted by Crippen LogP contribution is 2.41. The number of fused-ring (bicyclic) bond motifs is 1. The first-order chi connectivity index (χ1) is 15.6. The monoisotopic (exact) mass is 449 g/mol. The van der Waals surface area contributed by atoms with Crippen LogP contribution >= 0.6 is 11.6 Å². The summed E-state index contributed by atoms with van der Waals surface area (Å²) < 4.78 is 14.7. The fraction of sp³-hybridized carbons (Fsp3) is 0.167. The number of aromatic nitrogens is 2. The predicted octanol–water partition coefficient (Wildman–Crippen LogP) is 4.95. The zero-order chi connectivity index (χ0) is 22.1. The number of rotatable bonds is 4. The van der Waals surface area contributed by atoms with E-state index in [-0.39, 0.29) is 11.3 Å². The molecule has 4 aromatic rings. The Morgan fingerprint density at radius 1 is 0.969 bits per heavy atom. The zero-order valence-corrected chi connectivity index (χ0v) is 17.9. The van der Waals surface area contributed by atoms with E-state index in [1.54, 1.807) is 12.1 Å². The average Bonchev–Trinajstić information content (AvgIpc) is 2.81. The van der Waals surface area contributed by atoms with E-state index in [2.05, 4.69) is 25.7 Å². The van der Waals surface area contributed by atoms with Gasteiger partial charge in [-0.25, -0.2) is 4.39 Å². The van der Waals surface area contributed by atoms with Crippen LogP contribution in [0, 0.1) is 5.82 Å². The molecule has 0 spiro atoms. The molecule has 1 saturated heterocycles. The molecule has 8 heteroatoms. The maximum absolute atomic E-state index is 14.7. The number of nitrogens with zero attached hydrogens (tertiary/aromatic N) is 3. The molecule has 0 aliphatic carbocycles. The Labute approximate surface area is 189 Å². The minimum absolute atomic E-state index is 0.0607. The van der Waals surface area contributed by atoms with Crippen molar-refractivity contribution in [1.29, 1.82) is 0 Å². The third-order valence-corrected chi connectivity index (χ3v) is 5.87. The predicted molar refractivity (Wildman–Crippen MR) is 126 cm³/mol. The number of hydrogen-bond acceptors (Lipinski definition) is 6. The molecule has 0 unspecified atom stereocenters. The zero-order valence-electron chi connectivity index (χ0n) is 17.1. The molecule has 1 aromatic heterocycles. The average molecular weight is 450 g/mol. The highest BCUT2D eigenvalue weighted by Gasteiger charge is 2.21. The van der Waals surface area contributed by atoms with E-state index in [1.807, 2.05) is 30.3 Å². The maximum Gasteiger partial charge on any atom is 0.161 e. The van der Waals surface area contributed by atoms with Gasteiger partial charge in [-0.15, -0.1) is 10.2 Å². The van der Waals surface area contributed by atoms with Gasteiger partial charge in [-0.05, 0) is 36.4 Å². The molecular formula is C24H21ClFN5O. The summed E-state index contributed by atoms with van der Waals surface area (Å²) in [6, 6.07) is 17.4. The highest BCUT2D eigenvalue weighted by atomic mass is 35.5. The molecule has 0 radical (unpaired) electrons. The summed E-state index contributed by atoms with van der Waals surface area (Å²) >= 11 is 6.63. The molecule has 1 fully saturated rings. The van der Waals surface area contributed by atoms with E-state index in [0.717, 1.165) is 48.5 Å².